The molecule has 0 spiro atoms. The maximum atomic E-state index is 11.2. The Morgan fingerprint density at radius 1 is 1.67 bits per heavy atom. The average molecular weight is 168 g/mol. The number of carbonyl (C=O) groups excluding carboxylic acids is 2. The first kappa shape index (κ1) is 8.77. The zero-order chi connectivity index (χ0) is 8.97. The number of nitrogens with one attached hydrogen (secondary N) is 1. The van der Waals surface area contributed by atoms with Gasteiger partial charge in [0.15, 0.2) is 0 Å². The van der Waals surface area contributed by atoms with E-state index in [2.05, 4.69) is 5.32 Å². The Labute approximate surface area is 71.2 Å². The lowest BCUT2D eigenvalue weighted by molar-refractivity contribution is -0.134. The molecule has 0 aromatic rings. The summed E-state index contributed by atoms with van der Waals surface area (Å²) in [5.41, 5.74) is 0. The first-order valence-corrected chi connectivity index (χ1v) is 3.92. The van der Waals surface area contributed by atoms with Crippen molar-refractivity contribution >= 4 is 11.8 Å². The van der Waals surface area contributed by atoms with Crippen LogP contribution >= 0.6 is 0 Å². The predicted molar refractivity (Wildman–Crippen MR) is 44.4 cm³/mol. The summed E-state index contributed by atoms with van der Waals surface area (Å²) >= 11 is 0. The van der Waals surface area contributed by atoms with E-state index in [9.17, 15) is 9.59 Å². The molecule has 4 heteroatoms. The van der Waals surface area contributed by atoms with Crippen LogP contribution < -0.4 is 5.32 Å². The topological polar surface area (TPSA) is 49.4 Å². The number of hydrogen-bond donors (Lipinski definition) is 1. The van der Waals surface area contributed by atoms with Crippen molar-refractivity contribution in [2.45, 2.75) is 6.92 Å². The van der Waals surface area contributed by atoms with Gasteiger partial charge in [-0.05, 0) is 13.0 Å². The van der Waals surface area contributed by atoms with E-state index in [0.29, 0.717) is 13.1 Å². The fourth-order valence-electron chi connectivity index (χ4n) is 1.07. The molecule has 1 fully saturated rings. The molecule has 2 amide bonds. The Bertz CT molecular complexity index is 223. The zero-order valence-corrected chi connectivity index (χ0v) is 7.04. The number of hydrogen-bond acceptors (Lipinski definition) is 2. The fourth-order valence-corrected chi connectivity index (χ4v) is 1.07. The minimum atomic E-state index is -0.0904. The van der Waals surface area contributed by atoms with E-state index in [1.54, 1.807) is 13.0 Å². The lowest BCUT2D eigenvalue weighted by Gasteiger charge is -2.25. The summed E-state index contributed by atoms with van der Waals surface area (Å²) in [6, 6.07) is 0. The van der Waals surface area contributed by atoms with Crippen LogP contribution in [0.15, 0.2) is 12.2 Å². The van der Waals surface area contributed by atoms with Crippen LogP contribution in [0.1, 0.15) is 6.92 Å². The molecule has 0 bridgehead atoms. The molecule has 0 radical (unpaired) electrons. The van der Waals surface area contributed by atoms with Gasteiger partial charge in [-0.25, -0.2) is 0 Å². The molecular weight excluding hydrogens is 156 g/mol. The first-order valence-electron chi connectivity index (χ1n) is 3.92. The molecule has 1 aliphatic heterocycles. The van der Waals surface area contributed by atoms with Gasteiger partial charge in [-0.15, -0.1) is 0 Å². The molecule has 1 aliphatic rings. The summed E-state index contributed by atoms with van der Waals surface area (Å²) in [6.07, 6.45) is 3.15. The molecule has 1 heterocycles. The standard InChI is InChI=1S/C8H12N2O2/c1-2-3-8(12)10-5-4-9-7(11)6-10/h2-3H,4-6H2,1H3,(H,9,11). The molecule has 1 rings (SSSR count). The second-order valence-electron chi connectivity index (χ2n) is 2.61. The number of piperazine rings is 1. The van der Waals surface area contributed by atoms with Gasteiger partial charge in [-0.3, -0.25) is 9.59 Å². The van der Waals surface area contributed by atoms with Crippen LogP contribution in [0.3, 0.4) is 0 Å². The van der Waals surface area contributed by atoms with Crippen LogP contribution in [0, 0.1) is 0 Å². The van der Waals surface area contributed by atoms with Crippen molar-refractivity contribution < 1.29 is 9.59 Å². The normalized spacial score (nSPS) is 18.1. The highest BCUT2D eigenvalue weighted by Crippen LogP contribution is 1.94. The number of carbonyl (C=O) groups is 2. The summed E-state index contributed by atoms with van der Waals surface area (Å²) in [4.78, 5) is 23.6. The summed E-state index contributed by atoms with van der Waals surface area (Å²) in [7, 11) is 0. The van der Waals surface area contributed by atoms with Crippen molar-refractivity contribution in [3.63, 3.8) is 0 Å². The lowest BCUT2D eigenvalue weighted by atomic mass is 10.3. The summed E-state index contributed by atoms with van der Waals surface area (Å²) in [5, 5.41) is 2.65. The van der Waals surface area contributed by atoms with Crippen LogP contribution in [0.25, 0.3) is 0 Å². The maximum absolute atomic E-state index is 11.2. The summed E-state index contributed by atoms with van der Waals surface area (Å²) in [6.45, 7) is 3.13. The van der Waals surface area contributed by atoms with E-state index in [1.165, 1.54) is 11.0 Å². The zero-order valence-electron chi connectivity index (χ0n) is 7.04. The maximum Gasteiger partial charge on any atom is 0.246 e. The minimum absolute atomic E-state index is 0.0842. The van der Waals surface area contributed by atoms with E-state index in [-0.39, 0.29) is 18.4 Å². The van der Waals surface area contributed by atoms with Crippen LogP contribution in [0.4, 0.5) is 0 Å². The molecule has 0 aromatic heterocycles. The fraction of sp³-hybridized carbons (Fsp3) is 0.500. The van der Waals surface area contributed by atoms with Gasteiger partial charge >= 0.3 is 0 Å². The third kappa shape index (κ3) is 2.08. The lowest BCUT2D eigenvalue weighted by Crippen LogP contribution is -2.49. The first-order chi connectivity index (χ1) is 5.74. The van der Waals surface area contributed by atoms with E-state index >= 15 is 0 Å². The van der Waals surface area contributed by atoms with E-state index in [1.807, 2.05) is 0 Å². The van der Waals surface area contributed by atoms with Crippen molar-refractivity contribution in [3.8, 4) is 0 Å². The van der Waals surface area contributed by atoms with Crippen LogP contribution in [-0.2, 0) is 9.59 Å². The largest absolute Gasteiger partial charge is 0.353 e. The van der Waals surface area contributed by atoms with Crippen molar-refractivity contribution in [2.75, 3.05) is 19.6 Å². The van der Waals surface area contributed by atoms with Crippen molar-refractivity contribution in [1.82, 2.24) is 10.2 Å². The SMILES string of the molecule is CC=CC(=O)N1CCNC(=O)C1. The predicted octanol–water partition coefficient (Wildman–Crippen LogP) is -0.479. The Balaban J connectivity index is 2.51. The molecular formula is C8H12N2O2. The average Bonchev–Trinajstić information content (AvgIpc) is 2.05. The Kier molecular flexibility index (Phi) is 2.85. The Hall–Kier alpha value is -1.32. The summed E-state index contributed by atoms with van der Waals surface area (Å²) < 4.78 is 0. The monoisotopic (exact) mass is 168 g/mol. The van der Waals surface area contributed by atoms with E-state index in [0.717, 1.165) is 0 Å². The molecule has 0 saturated carbocycles. The number of rotatable bonds is 1. The van der Waals surface area contributed by atoms with Gasteiger partial charge in [0.1, 0.15) is 0 Å². The highest BCUT2D eigenvalue weighted by Gasteiger charge is 2.18. The molecule has 0 unspecified atom stereocenters. The van der Waals surface area contributed by atoms with Gasteiger partial charge in [-0.2, -0.15) is 0 Å². The molecule has 4 nitrogen and oxygen atoms in total. The van der Waals surface area contributed by atoms with E-state index in [4.69, 9.17) is 0 Å². The highest BCUT2D eigenvalue weighted by molar-refractivity contribution is 5.91. The molecule has 1 saturated heterocycles. The smallest absolute Gasteiger partial charge is 0.246 e. The van der Waals surface area contributed by atoms with Gasteiger partial charge in [0, 0.05) is 13.1 Å². The van der Waals surface area contributed by atoms with Crippen LogP contribution in [0.2, 0.25) is 0 Å². The quantitative estimate of drug-likeness (QED) is 0.538. The van der Waals surface area contributed by atoms with Crippen molar-refractivity contribution in [2.24, 2.45) is 0 Å². The van der Waals surface area contributed by atoms with Crippen molar-refractivity contribution in [3.05, 3.63) is 12.2 Å². The van der Waals surface area contributed by atoms with Crippen LogP contribution in [0.5, 0.6) is 0 Å². The van der Waals surface area contributed by atoms with E-state index < -0.39 is 0 Å². The minimum Gasteiger partial charge on any atom is -0.353 e. The number of nitrogens with zero attached hydrogens (tertiary/aromatic N) is 1. The molecule has 12 heavy (non-hydrogen) atoms. The Morgan fingerprint density at radius 2 is 2.42 bits per heavy atom. The summed E-state index contributed by atoms with van der Waals surface area (Å²) in [5.74, 6) is -0.175. The van der Waals surface area contributed by atoms with Gasteiger partial charge in [0.2, 0.25) is 11.8 Å². The molecule has 0 aromatic carbocycles. The molecule has 66 valence electrons. The third-order valence-corrected chi connectivity index (χ3v) is 1.66. The molecule has 1 N–H and O–H groups in total. The van der Waals surface area contributed by atoms with Gasteiger partial charge in [0.25, 0.3) is 0 Å². The van der Waals surface area contributed by atoms with Gasteiger partial charge in [0.05, 0.1) is 6.54 Å². The van der Waals surface area contributed by atoms with Crippen molar-refractivity contribution in [1.29, 1.82) is 0 Å². The number of amides is 2. The molecule has 0 aliphatic carbocycles. The Morgan fingerprint density at radius 3 is 3.00 bits per heavy atom. The molecule has 0 atom stereocenters. The second kappa shape index (κ2) is 3.90. The van der Waals surface area contributed by atoms with Gasteiger partial charge in [-0.1, -0.05) is 6.08 Å². The van der Waals surface area contributed by atoms with Gasteiger partial charge < -0.3 is 10.2 Å². The highest BCUT2D eigenvalue weighted by atomic mass is 16.2. The van der Waals surface area contributed by atoms with Crippen LogP contribution in [-0.4, -0.2) is 36.3 Å². The second-order valence-corrected chi connectivity index (χ2v) is 2.61. The number of allylic oxidation sites excluding steroid dienone is 1. The third-order valence-electron chi connectivity index (χ3n) is 1.66.